The molecule has 0 radical (unpaired) electrons. The Hall–Kier alpha value is -2.56. The molecule has 0 bridgehead atoms. The molecule has 1 aromatic heterocycles. The van der Waals surface area contributed by atoms with E-state index in [9.17, 15) is 16.8 Å². The molecule has 0 saturated heterocycles. The molecule has 2 aromatic carbocycles. The lowest BCUT2D eigenvalue weighted by molar-refractivity contribution is 0.400. The number of halogens is 1. The summed E-state index contributed by atoms with van der Waals surface area (Å²) in [7, 11) is -7.74. The lowest BCUT2D eigenvalue weighted by atomic mass is 10.3. The minimum absolute atomic E-state index is 0.00485. The van der Waals surface area contributed by atoms with E-state index in [0.717, 1.165) is 0 Å². The molecule has 1 heterocycles. The molecular weight excluding hydrogens is 414 g/mol. The standard InChI is InChI=1S/C16H14ClN3O5S2/c1-11-9-16(18-25-11)20-26(21,22)14-7-5-13(6-8-14)19-27(23,24)15-4-2-3-12(17)10-15/h2-10,19H,1H3,(H,18,20). The van der Waals surface area contributed by atoms with Crippen LogP contribution in [0.2, 0.25) is 5.02 Å². The van der Waals surface area contributed by atoms with Gasteiger partial charge in [-0.3, -0.25) is 9.44 Å². The largest absolute Gasteiger partial charge is 0.360 e. The number of hydrogen-bond acceptors (Lipinski definition) is 6. The molecule has 0 aliphatic heterocycles. The van der Waals surface area contributed by atoms with E-state index in [1.807, 2.05) is 0 Å². The first kappa shape index (κ1) is 19.2. The van der Waals surface area contributed by atoms with Gasteiger partial charge in [-0.25, -0.2) is 16.8 Å². The van der Waals surface area contributed by atoms with Crippen LogP contribution < -0.4 is 9.44 Å². The van der Waals surface area contributed by atoms with E-state index >= 15 is 0 Å². The first-order chi connectivity index (χ1) is 12.7. The Morgan fingerprint density at radius 2 is 1.56 bits per heavy atom. The van der Waals surface area contributed by atoms with E-state index in [1.165, 1.54) is 48.5 Å². The van der Waals surface area contributed by atoms with Crippen molar-refractivity contribution >= 4 is 43.2 Å². The molecule has 0 unspecified atom stereocenters. The molecule has 0 aliphatic carbocycles. The molecule has 2 N–H and O–H groups in total. The van der Waals surface area contributed by atoms with Crippen molar-refractivity contribution in [3.63, 3.8) is 0 Å². The molecule has 11 heteroatoms. The molecule has 27 heavy (non-hydrogen) atoms. The van der Waals surface area contributed by atoms with E-state index < -0.39 is 20.0 Å². The molecule has 142 valence electrons. The Labute approximate surface area is 161 Å². The molecule has 0 saturated carbocycles. The van der Waals surface area contributed by atoms with Crippen molar-refractivity contribution in [2.24, 2.45) is 0 Å². The van der Waals surface area contributed by atoms with E-state index in [0.29, 0.717) is 5.76 Å². The third-order valence-corrected chi connectivity index (χ3v) is 6.37. The zero-order chi connectivity index (χ0) is 19.7. The summed E-state index contributed by atoms with van der Waals surface area (Å²) in [6.07, 6.45) is 0. The lowest BCUT2D eigenvalue weighted by Gasteiger charge is -2.10. The molecule has 3 aromatic rings. The second-order valence-corrected chi connectivity index (χ2v) is 9.32. The average Bonchev–Trinajstić information content (AvgIpc) is 2.99. The van der Waals surface area contributed by atoms with Gasteiger partial charge in [0, 0.05) is 16.8 Å². The van der Waals surface area contributed by atoms with Crippen molar-refractivity contribution in [1.29, 1.82) is 0 Å². The van der Waals surface area contributed by atoms with Crippen LogP contribution in [-0.2, 0) is 20.0 Å². The van der Waals surface area contributed by atoms with Crippen molar-refractivity contribution in [1.82, 2.24) is 5.16 Å². The second kappa shape index (κ2) is 7.22. The molecule has 0 amide bonds. The van der Waals surface area contributed by atoms with Crippen LogP contribution in [-0.4, -0.2) is 22.0 Å². The first-order valence-electron chi connectivity index (χ1n) is 7.50. The van der Waals surface area contributed by atoms with Gasteiger partial charge < -0.3 is 4.52 Å². The minimum Gasteiger partial charge on any atom is -0.360 e. The van der Waals surface area contributed by atoms with Crippen LogP contribution in [0.15, 0.2) is 68.9 Å². The highest BCUT2D eigenvalue weighted by atomic mass is 35.5. The van der Waals surface area contributed by atoms with Gasteiger partial charge in [-0.1, -0.05) is 22.8 Å². The predicted octanol–water partition coefficient (Wildman–Crippen LogP) is 3.24. The van der Waals surface area contributed by atoms with E-state index in [2.05, 4.69) is 14.6 Å². The smallest absolute Gasteiger partial charge is 0.263 e. The highest BCUT2D eigenvalue weighted by molar-refractivity contribution is 7.93. The van der Waals surface area contributed by atoms with Crippen LogP contribution in [0.1, 0.15) is 5.76 Å². The highest BCUT2D eigenvalue weighted by Gasteiger charge is 2.18. The van der Waals surface area contributed by atoms with Gasteiger partial charge in [0.1, 0.15) is 5.76 Å². The van der Waals surface area contributed by atoms with Crippen molar-refractivity contribution in [3.05, 3.63) is 65.4 Å². The van der Waals surface area contributed by atoms with Crippen molar-refractivity contribution in [2.75, 3.05) is 9.44 Å². The summed E-state index contributed by atoms with van der Waals surface area (Å²) in [6.45, 7) is 1.63. The van der Waals surface area contributed by atoms with Crippen LogP contribution in [0.5, 0.6) is 0 Å². The van der Waals surface area contributed by atoms with Crippen LogP contribution in [0, 0.1) is 6.92 Å². The van der Waals surface area contributed by atoms with E-state index in [1.54, 1.807) is 13.0 Å². The number of rotatable bonds is 6. The number of hydrogen-bond donors (Lipinski definition) is 2. The molecule has 0 fully saturated rings. The molecule has 0 spiro atoms. The maximum absolute atomic E-state index is 12.4. The number of nitrogens with one attached hydrogen (secondary N) is 2. The number of aromatic nitrogens is 1. The van der Waals surface area contributed by atoms with Crippen LogP contribution in [0.25, 0.3) is 0 Å². The Morgan fingerprint density at radius 1 is 0.889 bits per heavy atom. The summed E-state index contributed by atoms with van der Waals surface area (Å²) in [5, 5.41) is 3.85. The monoisotopic (exact) mass is 427 g/mol. The van der Waals surface area contributed by atoms with Gasteiger partial charge in [0.2, 0.25) is 0 Å². The normalized spacial score (nSPS) is 11.9. The second-order valence-electron chi connectivity index (χ2n) is 5.52. The first-order valence-corrected chi connectivity index (χ1v) is 10.8. The Morgan fingerprint density at radius 3 is 2.15 bits per heavy atom. The zero-order valence-corrected chi connectivity index (χ0v) is 16.3. The topological polar surface area (TPSA) is 118 Å². The van der Waals surface area contributed by atoms with Crippen LogP contribution in [0.3, 0.4) is 0 Å². The van der Waals surface area contributed by atoms with Gasteiger partial charge in [0.25, 0.3) is 20.0 Å². The number of aryl methyl sites for hydroxylation is 1. The summed E-state index contributed by atoms with van der Waals surface area (Å²) in [5.41, 5.74) is 0.200. The quantitative estimate of drug-likeness (QED) is 0.623. The van der Waals surface area contributed by atoms with Gasteiger partial charge in [0.05, 0.1) is 9.79 Å². The maximum atomic E-state index is 12.4. The van der Waals surface area contributed by atoms with Gasteiger partial charge in [-0.15, -0.1) is 0 Å². The summed E-state index contributed by atoms with van der Waals surface area (Å²) in [6, 6.07) is 12.4. The summed E-state index contributed by atoms with van der Waals surface area (Å²) in [4.78, 5) is -0.0661. The van der Waals surface area contributed by atoms with Gasteiger partial charge in [-0.05, 0) is 49.4 Å². The third-order valence-electron chi connectivity index (χ3n) is 3.39. The summed E-state index contributed by atoms with van der Waals surface area (Å²) < 4.78 is 58.8. The third kappa shape index (κ3) is 4.59. The molecular formula is C16H14ClN3O5S2. The van der Waals surface area contributed by atoms with Gasteiger partial charge >= 0.3 is 0 Å². The maximum Gasteiger partial charge on any atom is 0.263 e. The number of nitrogens with zero attached hydrogens (tertiary/aromatic N) is 1. The Bertz CT molecular complexity index is 1170. The molecule has 0 atom stereocenters. The van der Waals surface area contributed by atoms with Crippen LogP contribution in [0.4, 0.5) is 11.5 Å². The zero-order valence-electron chi connectivity index (χ0n) is 13.9. The van der Waals surface area contributed by atoms with Crippen molar-refractivity contribution < 1.29 is 21.4 Å². The molecule has 8 nitrogen and oxygen atoms in total. The van der Waals surface area contributed by atoms with Crippen LogP contribution >= 0.6 is 11.6 Å². The van der Waals surface area contributed by atoms with E-state index in [4.69, 9.17) is 16.1 Å². The highest BCUT2D eigenvalue weighted by Crippen LogP contribution is 2.22. The fraction of sp³-hybridized carbons (Fsp3) is 0.0625. The fourth-order valence-electron chi connectivity index (χ4n) is 2.16. The Balaban J connectivity index is 1.79. The van der Waals surface area contributed by atoms with Gasteiger partial charge in [-0.2, -0.15) is 0 Å². The predicted molar refractivity (Wildman–Crippen MR) is 101 cm³/mol. The van der Waals surface area contributed by atoms with E-state index in [-0.39, 0.29) is 26.3 Å². The SMILES string of the molecule is Cc1cc(NS(=O)(=O)c2ccc(NS(=O)(=O)c3cccc(Cl)c3)cc2)no1. The fourth-order valence-corrected chi connectivity index (χ4v) is 4.50. The van der Waals surface area contributed by atoms with Crippen molar-refractivity contribution in [2.45, 2.75) is 16.7 Å². The summed E-state index contributed by atoms with van der Waals surface area (Å²) >= 11 is 5.82. The number of anilines is 2. The minimum atomic E-state index is -3.89. The number of benzene rings is 2. The molecule has 3 rings (SSSR count). The average molecular weight is 428 g/mol. The van der Waals surface area contributed by atoms with Gasteiger partial charge in [0.15, 0.2) is 5.82 Å². The van der Waals surface area contributed by atoms with Crippen molar-refractivity contribution in [3.8, 4) is 0 Å². The Kier molecular flexibility index (Phi) is 5.13. The molecule has 0 aliphatic rings. The number of sulfonamides is 2. The lowest BCUT2D eigenvalue weighted by Crippen LogP contribution is -2.14. The summed E-state index contributed by atoms with van der Waals surface area (Å²) in [5.74, 6) is 0.511.